The maximum Gasteiger partial charge on any atom is 0.262 e. The molecule has 202 valence electrons. The van der Waals surface area contributed by atoms with Crippen LogP contribution in [0.4, 0.5) is 0 Å². The van der Waals surface area contributed by atoms with Gasteiger partial charge in [0.05, 0.1) is 17.2 Å². The highest BCUT2D eigenvalue weighted by Crippen LogP contribution is 2.29. The van der Waals surface area contributed by atoms with E-state index >= 15 is 0 Å². The second-order valence-corrected chi connectivity index (χ2v) is 12.0. The van der Waals surface area contributed by atoms with Crippen LogP contribution in [-0.2, 0) is 21.2 Å². The van der Waals surface area contributed by atoms with Gasteiger partial charge in [0.2, 0.25) is 0 Å². The van der Waals surface area contributed by atoms with E-state index in [-0.39, 0.29) is 23.7 Å². The van der Waals surface area contributed by atoms with Gasteiger partial charge in [0.1, 0.15) is 29.7 Å². The summed E-state index contributed by atoms with van der Waals surface area (Å²) in [5.74, 6) is -0.135. The van der Waals surface area contributed by atoms with Crippen molar-refractivity contribution < 1.29 is 17.9 Å². The number of nitrogens with one attached hydrogen (secondary N) is 1. The van der Waals surface area contributed by atoms with Gasteiger partial charge in [-0.1, -0.05) is 60.1 Å². The summed E-state index contributed by atoms with van der Waals surface area (Å²) in [5, 5.41) is 17.9. The minimum atomic E-state index is -3.18. The smallest absolute Gasteiger partial charge is 0.262 e. The van der Waals surface area contributed by atoms with Gasteiger partial charge in [-0.3, -0.25) is 4.79 Å². The number of benzene rings is 3. The number of carbonyl (C=O) groups excluding carboxylic acids is 1. The van der Waals surface area contributed by atoms with Crippen LogP contribution in [0.25, 0.3) is 23.0 Å². The van der Waals surface area contributed by atoms with Gasteiger partial charge in [-0.25, -0.2) is 13.1 Å². The molecule has 4 aromatic rings. The van der Waals surface area contributed by atoms with E-state index in [0.717, 1.165) is 16.8 Å². The molecule has 10 heteroatoms. The lowest BCUT2D eigenvalue weighted by Gasteiger charge is -2.10. The fourth-order valence-electron chi connectivity index (χ4n) is 4.42. The van der Waals surface area contributed by atoms with Crippen molar-refractivity contribution >= 4 is 33.4 Å². The molecule has 1 amide bonds. The predicted octanol–water partition coefficient (Wildman–Crippen LogP) is 4.98. The number of hydrogen-bond donors (Lipinski definition) is 1. The molecule has 0 saturated carbocycles. The Balaban J connectivity index is 1.47. The van der Waals surface area contributed by atoms with Crippen molar-refractivity contribution in [1.29, 1.82) is 5.26 Å². The molecule has 1 aliphatic rings. The van der Waals surface area contributed by atoms with Crippen LogP contribution in [0.15, 0.2) is 90.6 Å². The van der Waals surface area contributed by atoms with E-state index in [9.17, 15) is 18.5 Å². The second kappa shape index (κ2) is 11.8. The summed E-state index contributed by atoms with van der Waals surface area (Å²) in [5.41, 5.74) is 3.30. The summed E-state index contributed by atoms with van der Waals surface area (Å²) in [6, 6.07) is 25.7. The zero-order valence-electron chi connectivity index (χ0n) is 21.3. The first kappa shape index (κ1) is 27.2. The maximum atomic E-state index is 12.9. The minimum Gasteiger partial charge on any atom is -0.489 e. The molecule has 1 aliphatic heterocycles. The number of nitrogens with zero attached hydrogens (tertiary/aromatic N) is 3. The summed E-state index contributed by atoms with van der Waals surface area (Å²) in [7, 11) is -3.18. The van der Waals surface area contributed by atoms with Gasteiger partial charge in [-0.2, -0.15) is 10.4 Å². The van der Waals surface area contributed by atoms with Crippen molar-refractivity contribution in [1.82, 2.24) is 15.1 Å². The number of carbonyl (C=O) groups is 1. The van der Waals surface area contributed by atoms with E-state index < -0.39 is 21.8 Å². The molecule has 40 heavy (non-hydrogen) atoms. The Hall–Kier alpha value is -4.39. The predicted molar refractivity (Wildman–Crippen MR) is 154 cm³/mol. The zero-order valence-corrected chi connectivity index (χ0v) is 22.9. The molecule has 1 unspecified atom stereocenters. The number of sulfone groups is 1. The van der Waals surface area contributed by atoms with Crippen LogP contribution in [0.1, 0.15) is 17.5 Å². The number of amides is 1. The molecule has 0 radical (unpaired) electrons. The quantitative estimate of drug-likeness (QED) is 0.235. The monoisotopic (exact) mass is 572 g/mol. The molecule has 1 saturated heterocycles. The van der Waals surface area contributed by atoms with Crippen molar-refractivity contribution in [3.05, 3.63) is 107 Å². The third-order valence-electron chi connectivity index (χ3n) is 6.46. The summed E-state index contributed by atoms with van der Waals surface area (Å²) in [4.78, 5) is 12.9. The van der Waals surface area contributed by atoms with Crippen LogP contribution in [0.3, 0.4) is 0 Å². The fraction of sp³-hybridized carbons (Fsp3) is 0.167. The van der Waals surface area contributed by atoms with Gasteiger partial charge >= 0.3 is 0 Å². The summed E-state index contributed by atoms with van der Waals surface area (Å²) < 4.78 is 31.3. The zero-order chi connectivity index (χ0) is 28.1. The Labute approximate surface area is 237 Å². The Kier molecular flexibility index (Phi) is 8.01. The molecule has 1 fully saturated rings. The van der Waals surface area contributed by atoms with E-state index in [1.165, 1.54) is 6.08 Å². The van der Waals surface area contributed by atoms with Gasteiger partial charge in [0.15, 0.2) is 9.84 Å². The number of ether oxygens (including phenoxy) is 1. The molecule has 8 nitrogen and oxygen atoms in total. The molecular formula is C30H25ClN4O4S. The number of aromatic nitrogens is 2. The van der Waals surface area contributed by atoms with Crippen LogP contribution >= 0.6 is 11.6 Å². The van der Waals surface area contributed by atoms with Crippen molar-refractivity contribution in [2.75, 3.05) is 11.5 Å². The average molecular weight is 573 g/mol. The van der Waals surface area contributed by atoms with Crippen molar-refractivity contribution in [2.45, 2.75) is 19.1 Å². The topological polar surface area (TPSA) is 114 Å². The highest BCUT2D eigenvalue weighted by Gasteiger charge is 2.29. The highest BCUT2D eigenvalue weighted by molar-refractivity contribution is 7.91. The number of halogens is 1. The number of para-hydroxylation sites is 1. The van der Waals surface area contributed by atoms with Crippen LogP contribution in [-0.4, -0.2) is 41.7 Å². The number of rotatable bonds is 8. The molecule has 1 atom stereocenters. The molecule has 2 heterocycles. The van der Waals surface area contributed by atoms with E-state index in [2.05, 4.69) is 5.32 Å². The molecule has 0 spiro atoms. The molecule has 0 aliphatic carbocycles. The van der Waals surface area contributed by atoms with Gasteiger partial charge in [0.25, 0.3) is 5.91 Å². The van der Waals surface area contributed by atoms with Gasteiger partial charge in [-0.05, 0) is 42.8 Å². The lowest BCUT2D eigenvalue weighted by atomic mass is 10.1. The second-order valence-electron chi connectivity index (χ2n) is 9.36. The van der Waals surface area contributed by atoms with Gasteiger partial charge in [-0.15, -0.1) is 0 Å². The Morgan fingerprint density at radius 1 is 1.12 bits per heavy atom. The first-order valence-corrected chi connectivity index (χ1v) is 14.8. The number of hydrogen-bond acceptors (Lipinski definition) is 6. The maximum absolute atomic E-state index is 12.9. The van der Waals surface area contributed by atoms with Gasteiger partial charge in [0, 0.05) is 34.0 Å². The standard InChI is InChI=1S/C30H25ClN4O4S/c31-28-12-5-4-7-22(28)19-39-27-11-6-8-21(16-27)29-24(18-35(34-29)26-9-2-1-3-10-26)15-23(17-32)30(36)33-25-13-14-40(37,38)20-25/h1-12,15-16,18,25H,13-14,19-20H2,(H,33,36). The van der Waals surface area contributed by atoms with E-state index in [0.29, 0.717) is 28.5 Å². The SMILES string of the molecule is N#CC(=Cc1cn(-c2ccccc2)nc1-c1cccc(OCc2ccccc2Cl)c1)C(=O)NC1CCS(=O)(=O)C1. The molecule has 0 bridgehead atoms. The lowest BCUT2D eigenvalue weighted by Crippen LogP contribution is -2.36. The van der Waals surface area contributed by atoms with E-state index in [1.807, 2.05) is 78.9 Å². The van der Waals surface area contributed by atoms with Crippen LogP contribution in [0.2, 0.25) is 5.02 Å². The fourth-order valence-corrected chi connectivity index (χ4v) is 6.28. The molecule has 3 aromatic carbocycles. The minimum absolute atomic E-state index is 0.0203. The lowest BCUT2D eigenvalue weighted by molar-refractivity contribution is -0.117. The highest BCUT2D eigenvalue weighted by atomic mass is 35.5. The molecule has 1 aromatic heterocycles. The Bertz CT molecular complexity index is 1730. The largest absolute Gasteiger partial charge is 0.489 e. The van der Waals surface area contributed by atoms with Crippen molar-refractivity contribution in [3.63, 3.8) is 0 Å². The normalized spacial score (nSPS) is 16.3. The van der Waals surface area contributed by atoms with Crippen LogP contribution < -0.4 is 10.1 Å². The number of nitriles is 1. The molecule has 1 N–H and O–H groups in total. The van der Waals surface area contributed by atoms with Crippen molar-refractivity contribution in [3.8, 4) is 28.8 Å². The summed E-state index contributed by atoms with van der Waals surface area (Å²) in [6.07, 6.45) is 3.54. The van der Waals surface area contributed by atoms with Gasteiger partial charge < -0.3 is 10.1 Å². The summed E-state index contributed by atoms with van der Waals surface area (Å²) >= 11 is 6.27. The van der Waals surface area contributed by atoms with Crippen LogP contribution in [0.5, 0.6) is 5.75 Å². The first-order valence-electron chi connectivity index (χ1n) is 12.6. The molecule has 5 rings (SSSR count). The summed E-state index contributed by atoms with van der Waals surface area (Å²) in [6.45, 7) is 0.282. The average Bonchev–Trinajstić information content (AvgIpc) is 3.54. The van der Waals surface area contributed by atoms with E-state index in [1.54, 1.807) is 16.9 Å². The third-order valence-corrected chi connectivity index (χ3v) is 8.59. The Morgan fingerprint density at radius 3 is 2.62 bits per heavy atom. The van der Waals surface area contributed by atoms with E-state index in [4.69, 9.17) is 21.4 Å². The Morgan fingerprint density at radius 2 is 1.90 bits per heavy atom. The first-order chi connectivity index (χ1) is 19.3. The third kappa shape index (κ3) is 6.42. The van der Waals surface area contributed by atoms with Crippen molar-refractivity contribution in [2.24, 2.45) is 0 Å². The van der Waals surface area contributed by atoms with Crippen LogP contribution in [0, 0.1) is 11.3 Å². The molecular weight excluding hydrogens is 548 g/mol.